The van der Waals surface area contributed by atoms with Gasteiger partial charge in [-0.25, -0.2) is 4.98 Å². The van der Waals surface area contributed by atoms with Crippen LogP contribution < -0.4 is 10.9 Å². The second-order valence-electron chi connectivity index (χ2n) is 5.95. The second kappa shape index (κ2) is 6.72. The molecule has 5 nitrogen and oxygen atoms in total. The molecule has 0 aliphatic heterocycles. The highest BCUT2D eigenvalue weighted by Gasteiger charge is 2.09. The highest BCUT2D eigenvalue weighted by atomic mass is 79.9. The largest absolute Gasteiger partial charge is 0.325 e. The molecule has 128 valence electrons. The van der Waals surface area contributed by atoms with Gasteiger partial charge in [-0.3, -0.25) is 14.2 Å². The number of carbonyl (C=O) groups is 1. The maximum atomic E-state index is 12.6. The van der Waals surface area contributed by atoms with Gasteiger partial charge in [-0.15, -0.1) is 0 Å². The fourth-order valence-electron chi connectivity index (χ4n) is 2.87. The molecule has 1 N–H and O–H groups in total. The lowest BCUT2D eigenvalue weighted by Crippen LogP contribution is -2.27. The van der Waals surface area contributed by atoms with Crippen LogP contribution in [0.4, 0.5) is 5.69 Å². The van der Waals surface area contributed by atoms with Crippen molar-refractivity contribution in [2.24, 2.45) is 0 Å². The predicted molar refractivity (Wildman–Crippen MR) is 106 cm³/mol. The summed E-state index contributed by atoms with van der Waals surface area (Å²) in [6.45, 7) is -0.0961. The summed E-state index contributed by atoms with van der Waals surface area (Å²) < 4.78 is 2.10. The minimum absolute atomic E-state index is 0.0961. The van der Waals surface area contributed by atoms with Crippen molar-refractivity contribution >= 4 is 49.2 Å². The molecular weight excluding hydrogens is 394 g/mol. The molecule has 0 aliphatic rings. The van der Waals surface area contributed by atoms with E-state index in [0.29, 0.717) is 16.6 Å². The first-order valence-electron chi connectivity index (χ1n) is 8.03. The van der Waals surface area contributed by atoms with E-state index in [1.807, 2.05) is 48.5 Å². The molecule has 0 saturated carbocycles. The lowest BCUT2D eigenvalue weighted by molar-refractivity contribution is -0.116. The molecule has 1 aromatic heterocycles. The van der Waals surface area contributed by atoms with Crippen molar-refractivity contribution in [3.8, 4) is 0 Å². The van der Waals surface area contributed by atoms with Crippen LogP contribution in [0.15, 0.2) is 76.3 Å². The van der Waals surface area contributed by atoms with E-state index in [1.165, 1.54) is 10.9 Å². The van der Waals surface area contributed by atoms with Crippen LogP contribution in [0.5, 0.6) is 0 Å². The molecule has 4 aromatic rings. The number of carbonyl (C=O) groups excluding carboxylic acids is 1. The Morgan fingerprint density at radius 3 is 2.69 bits per heavy atom. The third kappa shape index (κ3) is 3.23. The van der Waals surface area contributed by atoms with Gasteiger partial charge in [0, 0.05) is 10.2 Å². The summed E-state index contributed by atoms with van der Waals surface area (Å²) in [6.07, 6.45) is 1.40. The number of benzene rings is 3. The summed E-state index contributed by atoms with van der Waals surface area (Å²) in [6, 6.07) is 18.9. The monoisotopic (exact) mass is 407 g/mol. The Balaban J connectivity index is 1.58. The number of rotatable bonds is 3. The molecular formula is C20H14BrN3O2. The van der Waals surface area contributed by atoms with Gasteiger partial charge in [-0.05, 0) is 41.1 Å². The van der Waals surface area contributed by atoms with E-state index in [4.69, 9.17) is 0 Å². The van der Waals surface area contributed by atoms with E-state index in [1.54, 1.807) is 12.1 Å². The van der Waals surface area contributed by atoms with Crippen molar-refractivity contribution in [1.82, 2.24) is 9.55 Å². The summed E-state index contributed by atoms with van der Waals surface area (Å²) >= 11 is 3.35. The van der Waals surface area contributed by atoms with Gasteiger partial charge in [0.15, 0.2) is 0 Å². The van der Waals surface area contributed by atoms with Crippen LogP contribution in [0.1, 0.15) is 0 Å². The van der Waals surface area contributed by atoms with Crippen molar-refractivity contribution in [2.75, 3.05) is 5.32 Å². The van der Waals surface area contributed by atoms with E-state index in [0.717, 1.165) is 15.2 Å². The van der Waals surface area contributed by atoms with E-state index in [9.17, 15) is 9.59 Å². The van der Waals surface area contributed by atoms with Crippen LogP contribution in [-0.2, 0) is 11.3 Å². The standard InChI is InChI=1S/C20H14BrN3O2/c21-15-6-8-18-17(10-15)20(26)24(12-22-18)11-19(25)23-16-7-5-13-3-1-2-4-14(13)9-16/h1-10,12H,11H2,(H,23,25). The van der Waals surface area contributed by atoms with E-state index in [2.05, 4.69) is 26.2 Å². The molecule has 4 rings (SSSR count). The Labute approximate surface area is 157 Å². The third-order valence-corrected chi connectivity index (χ3v) is 4.63. The molecule has 0 aliphatic carbocycles. The Morgan fingerprint density at radius 2 is 1.85 bits per heavy atom. The molecule has 26 heavy (non-hydrogen) atoms. The van der Waals surface area contributed by atoms with Crippen molar-refractivity contribution in [3.63, 3.8) is 0 Å². The molecule has 0 unspecified atom stereocenters. The average Bonchev–Trinajstić information content (AvgIpc) is 2.64. The summed E-state index contributed by atoms with van der Waals surface area (Å²) in [5.41, 5.74) is 1.05. The van der Waals surface area contributed by atoms with Crippen LogP contribution in [-0.4, -0.2) is 15.5 Å². The first-order chi connectivity index (χ1) is 12.6. The van der Waals surface area contributed by atoms with Crippen LogP contribution >= 0.6 is 15.9 Å². The number of fused-ring (bicyclic) bond motifs is 2. The van der Waals surface area contributed by atoms with Crippen LogP contribution in [0.3, 0.4) is 0 Å². The lowest BCUT2D eigenvalue weighted by atomic mass is 10.1. The molecule has 1 amide bonds. The summed E-state index contributed by atoms with van der Waals surface area (Å²) in [4.78, 5) is 29.2. The second-order valence-corrected chi connectivity index (χ2v) is 6.86. The molecule has 1 heterocycles. The van der Waals surface area contributed by atoms with E-state index < -0.39 is 0 Å². The van der Waals surface area contributed by atoms with Gasteiger partial charge in [0.1, 0.15) is 6.54 Å². The Hall–Kier alpha value is -2.99. The number of hydrogen-bond donors (Lipinski definition) is 1. The fraction of sp³-hybridized carbons (Fsp3) is 0.0500. The number of nitrogens with one attached hydrogen (secondary N) is 1. The normalized spacial score (nSPS) is 11.0. The first kappa shape index (κ1) is 16.5. The van der Waals surface area contributed by atoms with Gasteiger partial charge < -0.3 is 5.32 Å². The van der Waals surface area contributed by atoms with Gasteiger partial charge in [-0.2, -0.15) is 0 Å². The maximum absolute atomic E-state index is 12.6. The van der Waals surface area contributed by atoms with Crippen LogP contribution in [0.2, 0.25) is 0 Å². The smallest absolute Gasteiger partial charge is 0.261 e. The SMILES string of the molecule is O=C(Cn1cnc2ccc(Br)cc2c1=O)Nc1ccc2ccccc2c1. The molecule has 6 heteroatoms. The number of nitrogens with zero attached hydrogens (tertiary/aromatic N) is 2. The molecule has 3 aromatic carbocycles. The molecule has 0 fully saturated rings. The topological polar surface area (TPSA) is 64.0 Å². The number of hydrogen-bond acceptors (Lipinski definition) is 3. The highest BCUT2D eigenvalue weighted by molar-refractivity contribution is 9.10. The van der Waals surface area contributed by atoms with Gasteiger partial charge in [0.05, 0.1) is 17.2 Å². The van der Waals surface area contributed by atoms with Gasteiger partial charge in [-0.1, -0.05) is 46.3 Å². The Morgan fingerprint density at radius 1 is 1.04 bits per heavy atom. The van der Waals surface area contributed by atoms with Crippen molar-refractivity contribution < 1.29 is 4.79 Å². The summed E-state index contributed by atoms with van der Waals surface area (Å²) in [7, 11) is 0. The summed E-state index contributed by atoms with van der Waals surface area (Å²) in [5, 5.41) is 5.45. The number of anilines is 1. The lowest BCUT2D eigenvalue weighted by Gasteiger charge is -2.09. The Bertz CT molecular complexity index is 1200. The molecule has 0 atom stereocenters. The van der Waals surface area contributed by atoms with Gasteiger partial charge >= 0.3 is 0 Å². The van der Waals surface area contributed by atoms with Crippen molar-refractivity contribution in [2.45, 2.75) is 6.54 Å². The fourth-order valence-corrected chi connectivity index (χ4v) is 3.23. The Kier molecular flexibility index (Phi) is 4.26. The molecule has 0 radical (unpaired) electrons. The van der Waals surface area contributed by atoms with Gasteiger partial charge in [0.2, 0.25) is 5.91 Å². The number of halogens is 1. The maximum Gasteiger partial charge on any atom is 0.261 e. The van der Waals surface area contributed by atoms with Crippen LogP contribution in [0, 0.1) is 0 Å². The quantitative estimate of drug-likeness (QED) is 0.559. The average molecular weight is 408 g/mol. The molecule has 0 spiro atoms. The highest BCUT2D eigenvalue weighted by Crippen LogP contribution is 2.19. The van der Waals surface area contributed by atoms with Crippen LogP contribution in [0.25, 0.3) is 21.7 Å². The number of aromatic nitrogens is 2. The molecule has 0 bridgehead atoms. The van der Waals surface area contributed by atoms with E-state index >= 15 is 0 Å². The predicted octanol–water partition coefficient (Wildman–Crippen LogP) is 3.95. The minimum atomic E-state index is -0.279. The first-order valence-corrected chi connectivity index (χ1v) is 8.83. The van der Waals surface area contributed by atoms with Gasteiger partial charge in [0.25, 0.3) is 5.56 Å². The molecule has 0 saturated heterocycles. The zero-order chi connectivity index (χ0) is 18.1. The third-order valence-electron chi connectivity index (χ3n) is 4.13. The van der Waals surface area contributed by atoms with E-state index in [-0.39, 0.29) is 18.0 Å². The zero-order valence-electron chi connectivity index (χ0n) is 13.6. The minimum Gasteiger partial charge on any atom is -0.325 e. The summed E-state index contributed by atoms with van der Waals surface area (Å²) in [5.74, 6) is -0.279. The number of amides is 1. The van der Waals surface area contributed by atoms with Crippen molar-refractivity contribution in [3.05, 3.63) is 81.8 Å². The van der Waals surface area contributed by atoms with Crippen molar-refractivity contribution in [1.29, 1.82) is 0 Å². The zero-order valence-corrected chi connectivity index (χ0v) is 15.2.